The van der Waals surface area contributed by atoms with E-state index in [9.17, 15) is 4.79 Å². The first-order valence-electron chi connectivity index (χ1n) is 8.78. The molecule has 2 aromatic heterocycles. The molecule has 0 saturated carbocycles. The topological polar surface area (TPSA) is 43.4 Å². The van der Waals surface area contributed by atoms with Gasteiger partial charge >= 0.3 is 0 Å². The van der Waals surface area contributed by atoms with Crippen LogP contribution in [0.15, 0.2) is 21.4 Å². The Morgan fingerprint density at radius 1 is 0.833 bits per heavy atom. The summed E-state index contributed by atoms with van der Waals surface area (Å²) in [4.78, 5) is 13.8. The van der Waals surface area contributed by atoms with E-state index in [0.717, 1.165) is 33.8 Å². The van der Waals surface area contributed by atoms with Crippen molar-refractivity contribution >= 4 is 5.78 Å². The van der Waals surface area contributed by atoms with Gasteiger partial charge in [0.1, 0.15) is 11.5 Å². The van der Waals surface area contributed by atoms with Crippen LogP contribution in [0.4, 0.5) is 0 Å². The number of furan rings is 2. The molecular weight excluding hydrogens is 300 g/mol. The van der Waals surface area contributed by atoms with Crippen LogP contribution in [0.5, 0.6) is 0 Å². The number of rotatable bonds is 6. The molecule has 0 saturated heterocycles. The van der Waals surface area contributed by atoms with Crippen LogP contribution in [0.2, 0.25) is 0 Å². The van der Waals surface area contributed by atoms with Gasteiger partial charge in [-0.3, -0.25) is 4.79 Å². The second-order valence-corrected chi connectivity index (χ2v) is 7.45. The maximum atomic E-state index is 13.8. The van der Waals surface area contributed by atoms with Gasteiger partial charge in [0.2, 0.25) is 0 Å². The maximum absolute atomic E-state index is 13.8. The van der Waals surface area contributed by atoms with Gasteiger partial charge in [-0.1, -0.05) is 13.8 Å². The van der Waals surface area contributed by atoms with E-state index in [0.29, 0.717) is 12.8 Å². The van der Waals surface area contributed by atoms with E-state index < -0.39 is 10.8 Å². The second kappa shape index (κ2) is 6.27. The monoisotopic (exact) mass is 330 g/mol. The zero-order valence-corrected chi connectivity index (χ0v) is 16.3. The number of ketones is 1. The average Bonchev–Trinajstić information content (AvgIpc) is 3.09. The Morgan fingerprint density at radius 2 is 1.17 bits per heavy atom. The molecule has 0 bridgehead atoms. The van der Waals surface area contributed by atoms with Crippen molar-refractivity contribution in [1.82, 2.24) is 0 Å². The number of hydrogen-bond donors (Lipinski definition) is 0. The summed E-state index contributed by atoms with van der Waals surface area (Å²) in [5.41, 5.74) is 2.96. The lowest BCUT2D eigenvalue weighted by molar-refractivity contribution is -0.131. The van der Waals surface area contributed by atoms with Gasteiger partial charge in [-0.05, 0) is 76.6 Å². The van der Waals surface area contributed by atoms with Crippen molar-refractivity contribution in [3.63, 3.8) is 0 Å². The van der Waals surface area contributed by atoms with Crippen LogP contribution in [0, 0.1) is 27.7 Å². The van der Waals surface area contributed by atoms with Crippen LogP contribution in [0.3, 0.4) is 0 Å². The molecule has 3 nitrogen and oxygen atoms in total. The number of carbonyl (C=O) groups is 1. The van der Waals surface area contributed by atoms with Crippen LogP contribution in [-0.4, -0.2) is 5.78 Å². The quantitative estimate of drug-likeness (QED) is 0.681. The van der Waals surface area contributed by atoms with Crippen molar-refractivity contribution < 1.29 is 13.6 Å². The summed E-state index contributed by atoms with van der Waals surface area (Å²) in [6, 6.07) is 0. The van der Waals surface area contributed by atoms with Gasteiger partial charge in [-0.15, -0.1) is 0 Å². The Morgan fingerprint density at radius 3 is 1.38 bits per heavy atom. The summed E-state index contributed by atoms with van der Waals surface area (Å²) >= 11 is 0. The fourth-order valence-electron chi connectivity index (χ4n) is 3.55. The molecule has 0 amide bonds. The van der Waals surface area contributed by atoms with Gasteiger partial charge in [-0.2, -0.15) is 0 Å². The highest BCUT2D eigenvalue weighted by Gasteiger charge is 2.49. The Balaban J connectivity index is 2.61. The highest BCUT2D eigenvalue weighted by Crippen LogP contribution is 2.43. The first kappa shape index (κ1) is 18.6. The summed E-state index contributed by atoms with van der Waals surface area (Å²) in [5.74, 6) is 1.73. The lowest BCUT2D eigenvalue weighted by Crippen LogP contribution is -2.46. The molecule has 0 aliphatic rings. The van der Waals surface area contributed by atoms with Crippen LogP contribution in [0.1, 0.15) is 74.3 Å². The van der Waals surface area contributed by atoms with E-state index in [4.69, 9.17) is 8.83 Å². The molecule has 0 N–H and O–H groups in total. The third-order valence-electron chi connectivity index (χ3n) is 5.99. The van der Waals surface area contributed by atoms with Crippen molar-refractivity contribution in [1.29, 1.82) is 0 Å². The minimum absolute atomic E-state index is 0.162. The first-order valence-corrected chi connectivity index (χ1v) is 8.78. The molecule has 0 fully saturated rings. The van der Waals surface area contributed by atoms with E-state index in [1.165, 1.54) is 0 Å². The number of Topliss-reactive ketones (excluding diaryl/α,β-unsaturated/α-hetero) is 1. The minimum atomic E-state index is -0.670. The highest BCUT2D eigenvalue weighted by atomic mass is 16.3. The normalized spacial score (nSPS) is 16.7. The predicted molar refractivity (Wildman–Crippen MR) is 96.7 cm³/mol. The molecule has 24 heavy (non-hydrogen) atoms. The Hall–Kier alpha value is -1.77. The second-order valence-electron chi connectivity index (χ2n) is 7.45. The lowest BCUT2D eigenvalue weighted by Gasteiger charge is -2.35. The van der Waals surface area contributed by atoms with Crippen molar-refractivity contribution in [3.05, 3.63) is 46.3 Å². The van der Waals surface area contributed by atoms with Crippen molar-refractivity contribution in [3.8, 4) is 0 Å². The standard InChI is InChI=1S/C21H30O3/c1-9-20(7,17-15(5)13(3)11-23-17)19(22)21(8,10-2)18-16(6)14(4)12-24-18/h11-12H,9-10H2,1-8H3. The maximum Gasteiger partial charge on any atom is 0.159 e. The van der Waals surface area contributed by atoms with Crippen LogP contribution in [0.25, 0.3) is 0 Å². The lowest BCUT2D eigenvalue weighted by atomic mass is 9.65. The molecule has 2 rings (SSSR count). The molecule has 3 heteroatoms. The highest BCUT2D eigenvalue weighted by molar-refractivity contribution is 5.98. The largest absolute Gasteiger partial charge is 0.468 e. The van der Waals surface area contributed by atoms with E-state index in [1.54, 1.807) is 12.5 Å². The summed E-state index contributed by atoms with van der Waals surface area (Å²) in [6.45, 7) is 16.2. The molecule has 2 unspecified atom stereocenters. The van der Waals surface area contributed by atoms with Gasteiger partial charge in [0.05, 0.1) is 23.4 Å². The number of hydrogen-bond acceptors (Lipinski definition) is 3. The SMILES string of the molecule is CCC(C)(C(=O)C(C)(CC)c1occ(C)c1C)c1occ(C)c1C. The summed E-state index contributed by atoms with van der Waals surface area (Å²) in [7, 11) is 0. The van der Waals surface area contributed by atoms with Gasteiger partial charge < -0.3 is 8.83 Å². The van der Waals surface area contributed by atoms with E-state index >= 15 is 0 Å². The smallest absolute Gasteiger partial charge is 0.159 e. The van der Waals surface area contributed by atoms with Crippen molar-refractivity contribution in [2.45, 2.75) is 79.1 Å². The fraction of sp³-hybridized carbons (Fsp3) is 0.571. The van der Waals surface area contributed by atoms with Crippen LogP contribution < -0.4 is 0 Å². The molecule has 2 heterocycles. The molecule has 2 aromatic rings. The van der Waals surface area contributed by atoms with Crippen molar-refractivity contribution in [2.75, 3.05) is 0 Å². The Bertz CT molecular complexity index is 687. The van der Waals surface area contributed by atoms with E-state index in [-0.39, 0.29) is 5.78 Å². The zero-order chi connectivity index (χ0) is 18.3. The molecule has 0 aromatic carbocycles. The van der Waals surface area contributed by atoms with E-state index in [1.807, 2.05) is 55.4 Å². The van der Waals surface area contributed by atoms with Crippen molar-refractivity contribution in [2.24, 2.45) is 0 Å². The molecule has 0 aliphatic carbocycles. The minimum Gasteiger partial charge on any atom is -0.468 e. The molecule has 132 valence electrons. The van der Waals surface area contributed by atoms with Gasteiger partial charge in [0, 0.05) is 0 Å². The Kier molecular flexibility index (Phi) is 4.85. The fourth-order valence-corrected chi connectivity index (χ4v) is 3.55. The third kappa shape index (κ3) is 2.54. The summed E-state index contributed by atoms with van der Waals surface area (Å²) in [5, 5.41) is 0. The zero-order valence-electron chi connectivity index (χ0n) is 16.3. The summed E-state index contributed by atoms with van der Waals surface area (Å²) in [6.07, 6.45) is 4.87. The number of carbonyl (C=O) groups excluding carboxylic acids is 1. The van der Waals surface area contributed by atoms with Gasteiger partial charge in [0.25, 0.3) is 0 Å². The van der Waals surface area contributed by atoms with E-state index in [2.05, 4.69) is 0 Å². The average molecular weight is 330 g/mol. The number of aryl methyl sites for hydroxylation is 2. The summed E-state index contributed by atoms with van der Waals surface area (Å²) < 4.78 is 11.7. The third-order valence-corrected chi connectivity index (χ3v) is 5.99. The first-order chi connectivity index (χ1) is 11.1. The molecule has 2 atom stereocenters. The molecule has 0 aliphatic heterocycles. The molecule has 0 radical (unpaired) electrons. The molecular formula is C21H30O3. The van der Waals surface area contributed by atoms with Crippen LogP contribution >= 0.6 is 0 Å². The predicted octanol–water partition coefficient (Wildman–Crippen LogP) is 5.71. The van der Waals surface area contributed by atoms with Gasteiger partial charge in [0.15, 0.2) is 5.78 Å². The molecule has 0 spiro atoms. The Labute approximate surface area is 145 Å². The van der Waals surface area contributed by atoms with Crippen LogP contribution in [-0.2, 0) is 15.6 Å². The van der Waals surface area contributed by atoms with Gasteiger partial charge in [-0.25, -0.2) is 0 Å².